The third-order valence-corrected chi connectivity index (χ3v) is 5.91. The van der Waals surface area contributed by atoms with Gasteiger partial charge in [-0.3, -0.25) is 0 Å². The van der Waals surface area contributed by atoms with Gasteiger partial charge in [0.25, 0.3) is 0 Å². The summed E-state index contributed by atoms with van der Waals surface area (Å²) < 4.78 is 44.0. The van der Waals surface area contributed by atoms with Gasteiger partial charge in [0.1, 0.15) is 16.4 Å². The van der Waals surface area contributed by atoms with Crippen molar-refractivity contribution in [2.45, 2.75) is 31.0 Å². The van der Waals surface area contributed by atoms with Crippen molar-refractivity contribution in [3.8, 4) is 11.5 Å². The van der Waals surface area contributed by atoms with Crippen molar-refractivity contribution in [3.63, 3.8) is 0 Å². The zero-order chi connectivity index (χ0) is 16.5. The molecule has 8 heteroatoms. The Bertz CT molecular complexity index is 639. The lowest BCUT2D eigenvalue weighted by Crippen LogP contribution is -2.48. The maximum absolute atomic E-state index is 13.0. The van der Waals surface area contributed by atoms with Gasteiger partial charge >= 0.3 is 0 Å². The summed E-state index contributed by atoms with van der Waals surface area (Å²) in [4.78, 5) is 0.0938. The Labute approximate surface area is 139 Å². The van der Waals surface area contributed by atoms with Crippen LogP contribution in [0.25, 0.3) is 0 Å². The summed E-state index contributed by atoms with van der Waals surface area (Å²) in [7, 11) is -0.762. The number of nitrogens with zero attached hydrogens (tertiary/aromatic N) is 1. The number of rotatable bonds is 4. The summed E-state index contributed by atoms with van der Waals surface area (Å²) in [5, 5.41) is 0. The number of morpholine rings is 1. The van der Waals surface area contributed by atoms with Gasteiger partial charge in [0.15, 0.2) is 0 Å². The number of benzene rings is 1. The van der Waals surface area contributed by atoms with E-state index in [0.717, 1.165) is 0 Å². The molecule has 0 aromatic heterocycles. The van der Waals surface area contributed by atoms with Gasteiger partial charge in [-0.15, -0.1) is 0 Å². The van der Waals surface area contributed by atoms with E-state index in [1.165, 1.54) is 24.6 Å². The fourth-order valence-electron chi connectivity index (χ4n) is 2.50. The molecule has 1 heterocycles. The van der Waals surface area contributed by atoms with Crippen molar-refractivity contribution >= 4 is 26.0 Å². The summed E-state index contributed by atoms with van der Waals surface area (Å²) in [6, 6.07) is 3.07. The Kier molecular flexibility index (Phi) is 5.37. The number of hydrogen-bond acceptors (Lipinski definition) is 5. The molecule has 0 aliphatic carbocycles. The standard InChI is InChI=1S/C14H20BrNO5S/c1-9-7-16(8-10(2)21-9)22(17,18)14-6-12(19-3)11(15)5-13(14)20-4/h5-6,9-10H,7-8H2,1-4H3/t9-,10-/m0/s1. The van der Waals surface area contributed by atoms with Crippen LogP contribution in [0.2, 0.25) is 0 Å². The van der Waals surface area contributed by atoms with Gasteiger partial charge in [-0.2, -0.15) is 4.31 Å². The summed E-state index contributed by atoms with van der Waals surface area (Å²) in [6.07, 6.45) is -0.302. The molecule has 2 atom stereocenters. The number of hydrogen-bond donors (Lipinski definition) is 0. The quantitative estimate of drug-likeness (QED) is 0.784. The van der Waals surface area contributed by atoms with E-state index in [4.69, 9.17) is 14.2 Å². The highest BCUT2D eigenvalue weighted by molar-refractivity contribution is 9.10. The molecule has 0 bridgehead atoms. The molecule has 22 heavy (non-hydrogen) atoms. The first-order valence-electron chi connectivity index (χ1n) is 6.86. The molecular weight excluding hydrogens is 374 g/mol. The molecule has 0 saturated carbocycles. The second kappa shape index (κ2) is 6.74. The second-order valence-corrected chi connectivity index (χ2v) is 7.98. The van der Waals surface area contributed by atoms with Gasteiger partial charge in [0.2, 0.25) is 10.0 Å². The van der Waals surface area contributed by atoms with E-state index in [1.54, 1.807) is 6.07 Å². The molecule has 1 aromatic carbocycles. The Hall–Kier alpha value is -0.830. The largest absolute Gasteiger partial charge is 0.496 e. The Morgan fingerprint density at radius 1 is 1.14 bits per heavy atom. The smallest absolute Gasteiger partial charge is 0.247 e. The van der Waals surface area contributed by atoms with Gasteiger partial charge in [-0.1, -0.05) is 0 Å². The molecule has 0 unspecified atom stereocenters. The molecule has 0 spiro atoms. The topological polar surface area (TPSA) is 65.1 Å². The molecule has 1 fully saturated rings. The van der Waals surface area contributed by atoms with Crippen LogP contribution in [0.5, 0.6) is 11.5 Å². The highest BCUT2D eigenvalue weighted by atomic mass is 79.9. The zero-order valence-electron chi connectivity index (χ0n) is 13.0. The van der Waals surface area contributed by atoms with Gasteiger partial charge < -0.3 is 14.2 Å². The number of methoxy groups -OCH3 is 2. The Morgan fingerprint density at radius 2 is 1.68 bits per heavy atom. The van der Waals surface area contributed by atoms with Gasteiger partial charge in [-0.25, -0.2) is 8.42 Å². The highest BCUT2D eigenvalue weighted by Gasteiger charge is 2.34. The average molecular weight is 394 g/mol. The average Bonchev–Trinajstić information content (AvgIpc) is 2.45. The molecule has 1 saturated heterocycles. The molecule has 1 aromatic rings. The van der Waals surface area contributed by atoms with Crippen LogP contribution in [0.4, 0.5) is 0 Å². The summed E-state index contributed by atoms with van der Waals surface area (Å²) >= 11 is 3.33. The van der Waals surface area contributed by atoms with Crippen LogP contribution in [0.15, 0.2) is 21.5 Å². The molecule has 0 N–H and O–H groups in total. The second-order valence-electron chi connectivity index (χ2n) is 5.22. The first-order chi connectivity index (χ1) is 10.3. The highest BCUT2D eigenvalue weighted by Crippen LogP contribution is 2.37. The predicted molar refractivity (Wildman–Crippen MR) is 86.0 cm³/mol. The first-order valence-corrected chi connectivity index (χ1v) is 9.10. The number of halogens is 1. The molecule has 6 nitrogen and oxygen atoms in total. The van der Waals surface area contributed by atoms with E-state index < -0.39 is 10.0 Å². The third-order valence-electron chi connectivity index (χ3n) is 3.44. The van der Waals surface area contributed by atoms with Crippen LogP contribution in [-0.2, 0) is 14.8 Å². The van der Waals surface area contributed by atoms with Crippen molar-refractivity contribution in [1.29, 1.82) is 0 Å². The molecule has 0 amide bonds. The number of sulfonamides is 1. The van der Waals surface area contributed by atoms with E-state index in [9.17, 15) is 8.42 Å². The van der Waals surface area contributed by atoms with Crippen LogP contribution >= 0.6 is 15.9 Å². The van der Waals surface area contributed by atoms with Crippen LogP contribution < -0.4 is 9.47 Å². The molecule has 124 valence electrons. The SMILES string of the molecule is COc1cc(S(=O)(=O)N2C[C@H](C)O[C@@H](C)C2)c(OC)cc1Br. The Morgan fingerprint density at radius 3 is 2.18 bits per heavy atom. The van der Waals surface area contributed by atoms with E-state index in [1.807, 2.05) is 13.8 Å². The van der Waals surface area contributed by atoms with E-state index in [-0.39, 0.29) is 22.9 Å². The summed E-state index contributed by atoms with van der Waals surface area (Å²) in [5.74, 6) is 0.716. The fraction of sp³-hybridized carbons (Fsp3) is 0.571. The lowest BCUT2D eigenvalue weighted by Gasteiger charge is -2.34. The van der Waals surface area contributed by atoms with Crippen molar-refractivity contribution in [3.05, 3.63) is 16.6 Å². The molecule has 1 aliphatic rings. The van der Waals surface area contributed by atoms with Crippen LogP contribution in [0.3, 0.4) is 0 Å². The lowest BCUT2D eigenvalue weighted by atomic mass is 10.3. The molecular formula is C14H20BrNO5S. The molecule has 0 radical (unpaired) electrons. The fourth-order valence-corrected chi connectivity index (χ4v) is 4.73. The maximum Gasteiger partial charge on any atom is 0.247 e. The summed E-state index contributed by atoms with van der Waals surface area (Å²) in [5.41, 5.74) is 0. The van der Waals surface area contributed by atoms with E-state index in [2.05, 4.69) is 15.9 Å². The minimum atomic E-state index is -3.69. The van der Waals surface area contributed by atoms with Crippen molar-refractivity contribution < 1.29 is 22.6 Å². The van der Waals surface area contributed by atoms with Crippen LogP contribution in [-0.4, -0.2) is 52.2 Å². The van der Waals surface area contributed by atoms with E-state index >= 15 is 0 Å². The van der Waals surface area contributed by atoms with Crippen LogP contribution in [0, 0.1) is 0 Å². The minimum absolute atomic E-state index is 0.0938. The molecule has 1 aliphatic heterocycles. The predicted octanol–water partition coefficient (Wildman–Crippen LogP) is 2.26. The zero-order valence-corrected chi connectivity index (χ0v) is 15.4. The van der Waals surface area contributed by atoms with Gasteiger partial charge in [-0.05, 0) is 35.8 Å². The minimum Gasteiger partial charge on any atom is -0.496 e. The van der Waals surface area contributed by atoms with E-state index in [0.29, 0.717) is 23.3 Å². The van der Waals surface area contributed by atoms with Crippen molar-refractivity contribution in [2.75, 3.05) is 27.3 Å². The van der Waals surface area contributed by atoms with Crippen LogP contribution in [0.1, 0.15) is 13.8 Å². The summed E-state index contributed by atoms with van der Waals surface area (Å²) in [6.45, 7) is 4.34. The molecule has 2 rings (SSSR count). The van der Waals surface area contributed by atoms with Crippen molar-refractivity contribution in [1.82, 2.24) is 4.31 Å². The Balaban J connectivity index is 2.48. The van der Waals surface area contributed by atoms with Gasteiger partial charge in [0.05, 0.1) is 30.9 Å². The van der Waals surface area contributed by atoms with Gasteiger partial charge in [0, 0.05) is 19.2 Å². The third kappa shape index (κ3) is 3.40. The normalized spacial score (nSPS) is 23.3. The number of ether oxygens (including phenoxy) is 3. The first kappa shape index (κ1) is 17.5. The monoisotopic (exact) mass is 393 g/mol. The van der Waals surface area contributed by atoms with Crippen molar-refractivity contribution in [2.24, 2.45) is 0 Å². The lowest BCUT2D eigenvalue weighted by molar-refractivity contribution is -0.0441. The maximum atomic E-state index is 13.0.